The van der Waals surface area contributed by atoms with E-state index in [-0.39, 0.29) is 11.8 Å². The Balaban J connectivity index is 1.51. The molecule has 0 saturated carbocycles. The quantitative estimate of drug-likeness (QED) is 0.466. The van der Waals surface area contributed by atoms with Crippen LogP contribution in [0.15, 0.2) is 78.9 Å². The molecule has 3 aromatic carbocycles. The summed E-state index contributed by atoms with van der Waals surface area (Å²) in [5.41, 5.74) is 5.39. The second kappa shape index (κ2) is 7.32. The first-order valence-electron chi connectivity index (χ1n) is 11.1. The molecule has 2 aliphatic heterocycles. The van der Waals surface area contributed by atoms with E-state index in [1.54, 1.807) is 5.06 Å². The van der Waals surface area contributed by atoms with Crippen molar-refractivity contribution in [3.05, 3.63) is 95.7 Å². The van der Waals surface area contributed by atoms with Crippen LogP contribution in [0.25, 0.3) is 10.9 Å². The maximum Gasteiger partial charge on any atom is 0.266 e. The molecule has 164 valence electrons. The van der Waals surface area contributed by atoms with Gasteiger partial charge in [0.1, 0.15) is 5.92 Å². The van der Waals surface area contributed by atoms with Gasteiger partial charge >= 0.3 is 0 Å². The standard InChI is InChI=1S/C27H23N3O3/c1-16-12-14-18(15-13-16)29-26(31)23-24(22-17(2)28-21-11-7-6-10-20(21)22)30(33-25(23)27(29)32)19-8-4-3-5-9-19/h3-15,23-25,28H,1-2H3/t23-,24+,25+/m1/s1. The fourth-order valence-corrected chi connectivity index (χ4v) is 5.13. The number of hydrogen-bond acceptors (Lipinski definition) is 4. The molecule has 3 heterocycles. The molecule has 2 amide bonds. The van der Waals surface area contributed by atoms with Crippen molar-refractivity contribution in [2.24, 2.45) is 5.92 Å². The summed E-state index contributed by atoms with van der Waals surface area (Å²) in [6.07, 6.45) is -0.878. The number of nitrogens with one attached hydrogen (secondary N) is 1. The number of rotatable bonds is 3. The van der Waals surface area contributed by atoms with Gasteiger partial charge < -0.3 is 4.98 Å². The number of carbonyl (C=O) groups is 2. The smallest absolute Gasteiger partial charge is 0.266 e. The summed E-state index contributed by atoms with van der Waals surface area (Å²) >= 11 is 0. The monoisotopic (exact) mass is 437 g/mol. The van der Waals surface area contributed by atoms with Gasteiger partial charge in [-0.05, 0) is 44.2 Å². The average Bonchev–Trinajstić information content (AvgIpc) is 3.44. The van der Waals surface area contributed by atoms with E-state index in [0.29, 0.717) is 5.69 Å². The van der Waals surface area contributed by atoms with Gasteiger partial charge in [0.05, 0.1) is 17.4 Å². The van der Waals surface area contributed by atoms with Gasteiger partial charge in [-0.25, -0.2) is 9.96 Å². The Hall–Kier alpha value is -3.90. The summed E-state index contributed by atoms with van der Waals surface area (Å²) in [5.74, 6) is -1.21. The minimum absolute atomic E-state index is 0.234. The van der Waals surface area contributed by atoms with Gasteiger partial charge in [-0.15, -0.1) is 0 Å². The van der Waals surface area contributed by atoms with Gasteiger partial charge in [0.15, 0.2) is 6.10 Å². The van der Waals surface area contributed by atoms with Gasteiger partial charge in [0.25, 0.3) is 5.91 Å². The van der Waals surface area contributed by atoms with Crippen LogP contribution in [0.4, 0.5) is 11.4 Å². The SMILES string of the molecule is Cc1ccc(N2C(=O)[C@H]3[C@H](ON(c4ccccc4)[C@H]3c3c(C)[nH]c4ccccc34)C2=O)cc1. The van der Waals surface area contributed by atoms with Crippen LogP contribution in [-0.4, -0.2) is 22.9 Å². The number of nitrogens with zero attached hydrogens (tertiary/aromatic N) is 2. The molecule has 2 aliphatic rings. The van der Waals surface area contributed by atoms with Crippen molar-refractivity contribution < 1.29 is 14.4 Å². The second-order valence-corrected chi connectivity index (χ2v) is 8.71. The molecular formula is C27H23N3O3. The van der Waals surface area contributed by atoms with E-state index >= 15 is 0 Å². The van der Waals surface area contributed by atoms with E-state index in [9.17, 15) is 9.59 Å². The molecule has 6 heteroatoms. The molecule has 2 saturated heterocycles. The third-order valence-corrected chi connectivity index (χ3v) is 6.66. The first-order valence-corrected chi connectivity index (χ1v) is 11.1. The largest absolute Gasteiger partial charge is 0.358 e. The van der Waals surface area contributed by atoms with E-state index in [4.69, 9.17) is 4.84 Å². The van der Waals surface area contributed by atoms with Gasteiger partial charge in [0, 0.05) is 22.2 Å². The molecule has 6 nitrogen and oxygen atoms in total. The predicted octanol–water partition coefficient (Wildman–Crippen LogP) is 4.84. The molecule has 3 atom stereocenters. The molecule has 0 bridgehead atoms. The normalized spacial score (nSPS) is 22.4. The topological polar surface area (TPSA) is 65.6 Å². The summed E-state index contributed by atoms with van der Waals surface area (Å²) in [7, 11) is 0. The average molecular weight is 437 g/mol. The number of imide groups is 1. The maximum absolute atomic E-state index is 13.8. The fraction of sp³-hybridized carbons (Fsp3) is 0.185. The number of hydrogen-bond donors (Lipinski definition) is 1. The lowest BCUT2D eigenvalue weighted by Gasteiger charge is -2.29. The van der Waals surface area contributed by atoms with Crippen molar-refractivity contribution >= 4 is 34.1 Å². The number of anilines is 2. The number of H-pyrrole nitrogens is 1. The lowest BCUT2D eigenvalue weighted by Crippen LogP contribution is -2.37. The number of carbonyl (C=O) groups excluding carboxylic acids is 2. The summed E-state index contributed by atoms with van der Waals surface area (Å²) in [6.45, 7) is 3.98. The summed E-state index contributed by atoms with van der Waals surface area (Å²) in [4.78, 5) is 38.3. The summed E-state index contributed by atoms with van der Waals surface area (Å²) in [5, 5.41) is 2.78. The minimum Gasteiger partial charge on any atom is -0.358 e. The molecule has 0 radical (unpaired) electrons. The number of hydroxylamine groups is 1. The lowest BCUT2D eigenvalue weighted by atomic mass is 9.89. The number of aryl methyl sites for hydroxylation is 2. The fourth-order valence-electron chi connectivity index (χ4n) is 5.13. The highest BCUT2D eigenvalue weighted by Crippen LogP contribution is 2.49. The number of para-hydroxylation sites is 2. The van der Waals surface area contributed by atoms with Crippen LogP contribution in [0.3, 0.4) is 0 Å². The van der Waals surface area contributed by atoms with E-state index in [2.05, 4.69) is 4.98 Å². The molecule has 2 fully saturated rings. The van der Waals surface area contributed by atoms with Crippen LogP contribution in [0.5, 0.6) is 0 Å². The van der Waals surface area contributed by atoms with Crippen molar-refractivity contribution in [2.45, 2.75) is 26.0 Å². The highest BCUT2D eigenvalue weighted by Gasteiger charge is 2.60. The Kier molecular flexibility index (Phi) is 4.38. The van der Waals surface area contributed by atoms with Crippen LogP contribution in [0.1, 0.15) is 22.9 Å². The predicted molar refractivity (Wildman–Crippen MR) is 127 cm³/mol. The number of benzene rings is 3. The number of amides is 2. The summed E-state index contributed by atoms with van der Waals surface area (Å²) in [6, 6.07) is 24.7. The van der Waals surface area contributed by atoms with Crippen molar-refractivity contribution in [1.82, 2.24) is 4.98 Å². The summed E-state index contributed by atoms with van der Waals surface area (Å²) < 4.78 is 0. The Morgan fingerprint density at radius 2 is 1.48 bits per heavy atom. The van der Waals surface area contributed by atoms with Crippen molar-refractivity contribution in [1.29, 1.82) is 0 Å². The second-order valence-electron chi connectivity index (χ2n) is 8.71. The van der Waals surface area contributed by atoms with Crippen LogP contribution < -0.4 is 9.96 Å². The Morgan fingerprint density at radius 3 is 2.24 bits per heavy atom. The molecule has 0 unspecified atom stereocenters. The molecule has 1 N–H and O–H groups in total. The maximum atomic E-state index is 13.8. The molecule has 6 rings (SSSR count). The third kappa shape index (κ3) is 2.91. The zero-order valence-corrected chi connectivity index (χ0v) is 18.4. The minimum atomic E-state index is -0.878. The number of fused-ring (bicyclic) bond motifs is 2. The molecule has 0 aliphatic carbocycles. The Morgan fingerprint density at radius 1 is 0.788 bits per heavy atom. The van der Waals surface area contributed by atoms with Crippen LogP contribution in [-0.2, 0) is 14.4 Å². The molecule has 4 aromatic rings. The Bertz CT molecular complexity index is 1380. The van der Waals surface area contributed by atoms with E-state index in [1.165, 1.54) is 4.90 Å². The van der Waals surface area contributed by atoms with Crippen molar-refractivity contribution in [2.75, 3.05) is 9.96 Å². The number of aromatic amines is 1. The van der Waals surface area contributed by atoms with E-state index in [1.807, 2.05) is 92.7 Å². The van der Waals surface area contributed by atoms with Crippen LogP contribution >= 0.6 is 0 Å². The first kappa shape index (κ1) is 19.8. The molecule has 0 spiro atoms. The van der Waals surface area contributed by atoms with E-state index in [0.717, 1.165) is 33.4 Å². The highest BCUT2D eigenvalue weighted by molar-refractivity contribution is 6.24. The zero-order valence-electron chi connectivity index (χ0n) is 18.4. The van der Waals surface area contributed by atoms with Gasteiger partial charge in [0.2, 0.25) is 5.91 Å². The molecule has 1 aromatic heterocycles. The number of aromatic nitrogens is 1. The Labute approximate surface area is 191 Å². The van der Waals surface area contributed by atoms with Crippen molar-refractivity contribution in [3.63, 3.8) is 0 Å². The molecule has 33 heavy (non-hydrogen) atoms. The van der Waals surface area contributed by atoms with E-state index < -0.39 is 18.1 Å². The highest BCUT2D eigenvalue weighted by atomic mass is 16.7. The van der Waals surface area contributed by atoms with Crippen molar-refractivity contribution in [3.8, 4) is 0 Å². The van der Waals surface area contributed by atoms with Gasteiger partial charge in [-0.3, -0.25) is 14.4 Å². The molecular weight excluding hydrogens is 414 g/mol. The third-order valence-electron chi connectivity index (χ3n) is 6.66. The van der Waals surface area contributed by atoms with Gasteiger partial charge in [-0.1, -0.05) is 54.1 Å². The van der Waals surface area contributed by atoms with Crippen LogP contribution in [0.2, 0.25) is 0 Å². The zero-order chi connectivity index (χ0) is 22.7. The lowest BCUT2D eigenvalue weighted by molar-refractivity contribution is -0.126. The van der Waals surface area contributed by atoms with Gasteiger partial charge in [-0.2, -0.15) is 0 Å². The van der Waals surface area contributed by atoms with Crippen LogP contribution in [0, 0.1) is 19.8 Å². The first-order chi connectivity index (χ1) is 16.0.